The molecule has 2 N–H and O–H groups in total. The zero-order valence-electron chi connectivity index (χ0n) is 14.8. The van der Waals surface area contributed by atoms with E-state index in [-0.39, 0.29) is 37.9 Å². The normalized spacial score (nSPS) is 18.4. The molecule has 1 atom stereocenters. The number of esters is 1. The van der Waals surface area contributed by atoms with Crippen LogP contribution in [-0.4, -0.2) is 43.3 Å². The number of unbranched alkanes of at least 4 members (excludes halogenated alkanes) is 3. The van der Waals surface area contributed by atoms with Gasteiger partial charge in [0, 0.05) is 25.4 Å². The van der Waals surface area contributed by atoms with Crippen molar-refractivity contribution in [2.45, 2.75) is 82.8 Å². The van der Waals surface area contributed by atoms with Gasteiger partial charge in [-0.2, -0.15) is 0 Å². The molecule has 146 valence electrons. The zero-order chi connectivity index (χ0) is 18.7. The summed E-state index contributed by atoms with van der Waals surface area (Å²) in [6.45, 7) is 2.29. The minimum absolute atomic E-state index is 0.152. The summed E-state index contributed by atoms with van der Waals surface area (Å²) >= 11 is 0. The van der Waals surface area contributed by atoms with Crippen molar-refractivity contribution in [2.24, 2.45) is 0 Å². The molecule has 2 amide bonds. The molecule has 0 bridgehead atoms. The Hall–Kier alpha value is -1.47. The molecule has 0 spiro atoms. The molecule has 1 rings (SSSR count). The minimum atomic E-state index is -2.60. The van der Waals surface area contributed by atoms with Gasteiger partial charge in [0.25, 0.3) is 0 Å². The number of nitrogens with one attached hydrogen (secondary N) is 2. The van der Waals surface area contributed by atoms with Gasteiger partial charge >= 0.3 is 12.0 Å². The SMILES string of the molecule is CCOC(=O)C(F)CCCCCCNC(=O)NC1CCC(F)(F)CC1. The Balaban J connectivity index is 1.97. The van der Waals surface area contributed by atoms with Crippen molar-refractivity contribution >= 4 is 12.0 Å². The van der Waals surface area contributed by atoms with E-state index in [9.17, 15) is 22.8 Å². The van der Waals surface area contributed by atoms with Gasteiger partial charge in [-0.15, -0.1) is 0 Å². The van der Waals surface area contributed by atoms with Crippen LogP contribution in [0.25, 0.3) is 0 Å². The molecule has 0 aliphatic heterocycles. The number of hydrogen-bond donors (Lipinski definition) is 2. The quantitative estimate of drug-likeness (QED) is 0.457. The molecule has 1 unspecified atom stereocenters. The Morgan fingerprint density at radius 1 is 1.16 bits per heavy atom. The molecular weight excluding hydrogens is 337 g/mol. The molecule has 0 radical (unpaired) electrons. The van der Waals surface area contributed by atoms with Crippen LogP contribution in [0.5, 0.6) is 0 Å². The number of urea groups is 1. The van der Waals surface area contributed by atoms with Crippen LogP contribution in [0.1, 0.15) is 64.7 Å². The molecule has 8 heteroatoms. The summed E-state index contributed by atoms with van der Waals surface area (Å²) < 4.78 is 44.0. The van der Waals surface area contributed by atoms with Gasteiger partial charge < -0.3 is 15.4 Å². The maximum atomic E-state index is 13.3. The Morgan fingerprint density at radius 2 is 1.80 bits per heavy atom. The molecule has 1 aliphatic rings. The lowest BCUT2D eigenvalue weighted by molar-refractivity contribution is -0.149. The first-order valence-corrected chi connectivity index (χ1v) is 9.07. The number of rotatable bonds is 10. The smallest absolute Gasteiger partial charge is 0.340 e. The summed E-state index contributed by atoms with van der Waals surface area (Å²) in [5.41, 5.74) is 0. The van der Waals surface area contributed by atoms with Gasteiger partial charge in [-0.3, -0.25) is 0 Å². The predicted molar refractivity (Wildman–Crippen MR) is 88.4 cm³/mol. The summed E-state index contributed by atoms with van der Waals surface area (Å²) in [7, 11) is 0. The van der Waals surface area contributed by atoms with Crippen molar-refractivity contribution in [1.82, 2.24) is 10.6 Å². The monoisotopic (exact) mass is 366 g/mol. The van der Waals surface area contributed by atoms with E-state index >= 15 is 0 Å². The van der Waals surface area contributed by atoms with Crippen LogP contribution in [0.3, 0.4) is 0 Å². The fraction of sp³-hybridized carbons (Fsp3) is 0.882. The lowest BCUT2D eigenvalue weighted by atomic mass is 9.92. The minimum Gasteiger partial charge on any atom is -0.464 e. The lowest BCUT2D eigenvalue weighted by Gasteiger charge is -2.28. The molecule has 0 aromatic carbocycles. The van der Waals surface area contributed by atoms with Crippen LogP contribution < -0.4 is 10.6 Å². The number of alkyl halides is 3. The van der Waals surface area contributed by atoms with Gasteiger partial charge in [0.1, 0.15) is 0 Å². The maximum absolute atomic E-state index is 13.3. The highest BCUT2D eigenvalue weighted by molar-refractivity contribution is 5.74. The third-order valence-corrected chi connectivity index (χ3v) is 4.26. The van der Waals surface area contributed by atoms with Gasteiger partial charge in [-0.25, -0.2) is 22.8 Å². The van der Waals surface area contributed by atoms with E-state index in [2.05, 4.69) is 15.4 Å². The Kier molecular flexibility index (Phi) is 9.67. The van der Waals surface area contributed by atoms with E-state index in [1.807, 2.05) is 0 Å². The molecule has 0 saturated heterocycles. The first-order valence-electron chi connectivity index (χ1n) is 9.07. The van der Waals surface area contributed by atoms with E-state index in [4.69, 9.17) is 0 Å². The molecule has 1 aliphatic carbocycles. The van der Waals surface area contributed by atoms with Crippen molar-refractivity contribution in [3.05, 3.63) is 0 Å². The fourth-order valence-electron chi connectivity index (χ4n) is 2.78. The third-order valence-electron chi connectivity index (χ3n) is 4.26. The number of amides is 2. The van der Waals surface area contributed by atoms with E-state index in [1.165, 1.54) is 0 Å². The van der Waals surface area contributed by atoms with E-state index in [0.717, 1.165) is 19.3 Å². The Morgan fingerprint density at radius 3 is 2.44 bits per heavy atom. The number of hydrogen-bond acceptors (Lipinski definition) is 3. The van der Waals surface area contributed by atoms with Crippen molar-refractivity contribution < 1.29 is 27.5 Å². The number of halogens is 3. The summed E-state index contributed by atoms with van der Waals surface area (Å²) in [5.74, 6) is -3.40. The molecule has 1 saturated carbocycles. The number of ether oxygens (including phenoxy) is 1. The molecule has 0 heterocycles. The topological polar surface area (TPSA) is 67.4 Å². The highest BCUT2D eigenvalue weighted by atomic mass is 19.3. The standard InChI is InChI=1S/C17H29F3N2O3/c1-2-25-15(23)14(18)7-5-3-4-6-12-21-16(24)22-13-8-10-17(19,20)11-9-13/h13-14H,2-12H2,1H3,(H2,21,22,24). The van der Waals surface area contributed by atoms with Gasteiger partial charge in [0.15, 0.2) is 6.17 Å². The van der Waals surface area contributed by atoms with Crippen LogP contribution in [0.4, 0.5) is 18.0 Å². The van der Waals surface area contributed by atoms with E-state index < -0.39 is 18.1 Å². The third kappa shape index (κ3) is 9.55. The second-order valence-electron chi connectivity index (χ2n) is 6.45. The maximum Gasteiger partial charge on any atom is 0.340 e. The Bertz CT molecular complexity index is 412. The number of carbonyl (C=O) groups is 2. The van der Waals surface area contributed by atoms with Crippen molar-refractivity contribution in [3.63, 3.8) is 0 Å². The molecule has 0 aromatic rings. The molecule has 5 nitrogen and oxygen atoms in total. The van der Waals surface area contributed by atoms with Crippen molar-refractivity contribution in [2.75, 3.05) is 13.2 Å². The first-order chi connectivity index (χ1) is 11.8. The summed E-state index contributed by atoms with van der Waals surface area (Å²) in [6, 6.07) is -0.523. The van der Waals surface area contributed by atoms with Gasteiger partial charge in [0.05, 0.1) is 6.61 Å². The highest BCUT2D eigenvalue weighted by Gasteiger charge is 2.35. The second-order valence-corrected chi connectivity index (χ2v) is 6.45. The van der Waals surface area contributed by atoms with Crippen LogP contribution in [0, 0.1) is 0 Å². The second kappa shape index (κ2) is 11.2. The largest absolute Gasteiger partial charge is 0.464 e. The van der Waals surface area contributed by atoms with Gasteiger partial charge in [-0.1, -0.05) is 12.8 Å². The van der Waals surface area contributed by atoms with Crippen molar-refractivity contribution in [3.8, 4) is 0 Å². The Labute approximate surface area is 147 Å². The molecule has 25 heavy (non-hydrogen) atoms. The average Bonchev–Trinajstić information content (AvgIpc) is 2.56. The highest BCUT2D eigenvalue weighted by Crippen LogP contribution is 2.32. The van der Waals surface area contributed by atoms with E-state index in [1.54, 1.807) is 6.92 Å². The van der Waals surface area contributed by atoms with Gasteiger partial charge in [0.2, 0.25) is 5.92 Å². The first kappa shape index (κ1) is 21.6. The lowest BCUT2D eigenvalue weighted by Crippen LogP contribution is -2.45. The molecule has 1 fully saturated rings. The van der Waals surface area contributed by atoms with Crippen LogP contribution in [0.15, 0.2) is 0 Å². The summed E-state index contributed by atoms with van der Waals surface area (Å²) in [5, 5.41) is 5.41. The van der Waals surface area contributed by atoms with Gasteiger partial charge in [-0.05, 0) is 39.0 Å². The van der Waals surface area contributed by atoms with Crippen LogP contribution in [-0.2, 0) is 9.53 Å². The summed E-state index contributed by atoms with van der Waals surface area (Å²) in [6.07, 6.45) is 1.72. The van der Waals surface area contributed by atoms with Crippen LogP contribution in [0.2, 0.25) is 0 Å². The fourth-order valence-corrected chi connectivity index (χ4v) is 2.78. The molecule has 0 aromatic heterocycles. The number of carbonyl (C=O) groups excluding carboxylic acids is 2. The van der Waals surface area contributed by atoms with Crippen molar-refractivity contribution in [1.29, 1.82) is 0 Å². The zero-order valence-corrected chi connectivity index (χ0v) is 14.8. The average molecular weight is 366 g/mol. The van der Waals surface area contributed by atoms with E-state index in [0.29, 0.717) is 25.8 Å². The predicted octanol–water partition coefficient (Wildman–Crippen LogP) is 3.72. The summed E-state index contributed by atoms with van der Waals surface area (Å²) in [4.78, 5) is 22.8. The molecular formula is C17H29F3N2O3. The van der Waals surface area contributed by atoms with Crippen LogP contribution >= 0.6 is 0 Å².